The molecule has 5 heteroatoms. The minimum Gasteiger partial charge on any atom is -0.356 e. The number of benzene rings is 4. The van der Waals surface area contributed by atoms with E-state index in [2.05, 4.69) is 5.32 Å². The van der Waals surface area contributed by atoms with Crippen LogP contribution < -0.4 is 5.32 Å². The van der Waals surface area contributed by atoms with E-state index < -0.39 is 12.2 Å². The molecular formula is C34H32N2O3. The van der Waals surface area contributed by atoms with Gasteiger partial charge in [-0.3, -0.25) is 9.59 Å². The van der Waals surface area contributed by atoms with Crippen molar-refractivity contribution in [1.82, 2.24) is 5.32 Å². The summed E-state index contributed by atoms with van der Waals surface area (Å²) in [5.41, 5.74) is 5.08. The van der Waals surface area contributed by atoms with Crippen LogP contribution in [0.5, 0.6) is 0 Å². The summed E-state index contributed by atoms with van der Waals surface area (Å²) in [7, 11) is 0. The lowest BCUT2D eigenvalue weighted by molar-refractivity contribution is -0.136. The van der Waals surface area contributed by atoms with Crippen molar-refractivity contribution < 1.29 is 14.3 Å². The van der Waals surface area contributed by atoms with Crippen molar-refractivity contribution >= 4 is 11.7 Å². The number of carbonyl (C=O) groups excluding carboxylic acids is 2. The highest BCUT2D eigenvalue weighted by Crippen LogP contribution is 2.30. The summed E-state index contributed by atoms with van der Waals surface area (Å²) in [4.78, 5) is 26.0. The fraction of sp³-hybridized carbons (Fsp3) is 0.206. The van der Waals surface area contributed by atoms with Crippen LogP contribution in [0.2, 0.25) is 0 Å². The van der Waals surface area contributed by atoms with Gasteiger partial charge in [0, 0.05) is 11.1 Å². The molecule has 1 N–H and O–H groups in total. The van der Waals surface area contributed by atoms with Crippen molar-refractivity contribution in [3.63, 3.8) is 0 Å². The van der Waals surface area contributed by atoms with Gasteiger partial charge in [0.25, 0.3) is 0 Å². The van der Waals surface area contributed by atoms with Crippen molar-refractivity contribution in [3.05, 3.63) is 131 Å². The largest absolute Gasteiger partial charge is 0.356 e. The normalized spacial score (nSPS) is 12.4. The molecule has 0 spiro atoms. The first-order valence-corrected chi connectivity index (χ1v) is 13.1. The van der Waals surface area contributed by atoms with Gasteiger partial charge < -0.3 is 10.1 Å². The molecule has 4 aromatic carbocycles. The Balaban J connectivity index is 1.57. The number of amides is 1. The van der Waals surface area contributed by atoms with Gasteiger partial charge in [-0.2, -0.15) is 5.26 Å². The van der Waals surface area contributed by atoms with Crippen LogP contribution >= 0.6 is 0 Å². The summed E-state index contributed by atoms with van der Waals surface area (Å²) in [5.74, 6) is -0.156. The molecule has 0 aliphatic rings. The van der Waals surface area contributed by atoms with E-state index in [4.69, 9.17) is 10.00 Å². The average Bonchev–Trinajstić information content (AvgIpc) is 2.98. The van der Waals surface area contributed by atoms with Gasteiger partial charge in [0.05, 0.1) is 6.07 Å². The molecule has 5 nitrogen and oxygen atoms in total. The lowest BCUT2D eigenvalue weighted by atomic mass is 9.96. The molecule has 0 saturated heterocycles. The first kappa shape index (κ1) is 27.5. The molecule has 0 saturated carbocycles. The number of nitriles is 1. The van der Waals surface area contributed by atoms with E-state index in [1.807, 2.05) is 117 Å². The van der Waals surface area contributed by atoms with Gasteiger partial charge in [-0.1, -0.05) is 123 Å². The topological polar surface area (TPSA) is 79.2 Å². The second-order valence-corrected chi connectivity index (χ2v) is 9.82. The molecule has 0 heterocycles. The summed E-state index contributed by atoms with van der Waals surface area (Å²) in [6, 6.07) is 36.7. The second kappa shape index (κ2) is 13.3. The summed E-state index contributed by atoms with van der Waals surface area (Å²) in [6.45, 7) is 3.98. The van der Waals surface area contributed by atoms with Crippen molar-refractivity contribution in [2.75, 3.05) is 6.54 Å². The Bertz CT molecular complexity index is 1410. The molecule has 4 rings (SSSR count). The zero-order chi connectivity index (χ0) is 27.6. The molecule has 2 atom stereocenters. The van der Waals surface area contributed by atoms with Crippen LogP contribution in [0.1, 0.15) is 53.4 Å². The van der Waals surface area contributed by atoms with Crippen molar-refractivity contribution in [2.45, 2.75) is 32.5 Å². The summed E-state index contributed by atoms with van der Waals surface area (Å²) in [5, 5.41) is 11.5. The number of nitrogens with zero attached hydrogens (tertiary/aromatic N) is 1. The van der Waals surface area contributed by atoms with Gasteiger partial charge in [0.2, 0.25) is 5.91 Å². The van der Waals surface area contributed by atoms with Crippen molar-refractivity contribution in [2.24, 2.45) is 5.92 Å². The molecule has 1 amide bonds. The molecule has 0 fully saturated rings. The zero-order valence-electron chi connectivity index (χ0n) is 22.2. The minimum absolute atomic E-state index is 0.0630. The average molecular weight is 517 g/mol. The van der Waals surface area contributed by atoms with Gasteiger partial charge >= 0.3 is 0 Å². The Morgan fingerprint density at radius 2 is 1.26 bits per heavy atom. The van der Waals surface area contributed by atoms with E-state index in [0.717, 1.165) is 22.3 Å². The lowest BCUT2D eigenvalue weighted by Gasteiger charge is -2.26. The predicted octanol–water partition coefficient (Wildman–Crippen LogP) is 6.75. The first-order chi connectivity index (χ1) is 19.0. The fourth-order valence-electron chi connectivity index (χ4n) is 4.46. The van der Waals surface area contributed by atoms with E-state index >= 15 is 0 Å². The van der Waals surface area contributed by atoms with Crippen molar-refractivity contribution in [3.8, 4) is 17.2 Å². The van der Waals surface area contributed by atoms with Crippen LogP contribution in [0.3, 0.4) is 0 Å². The van der Waals surface area contributed by atoms with Crippen molar-refractivity contribution in [1.29, 1.82) is 5.26 Å². The molecule has 0 aliphatic heterocycles. The molecular weight excluding hydrogens is 484 g/mol. The van der Waals surface area contributed by atoms with E-state index in [0.29, 0.717) is 17.5 Å². The smallest absolute Gasteiger partial charge is 0.250 e. The molecule has 0 bridgehead atoms. The summed E-state index contributed by atoms with van der Waals surface area (Å²) < 4.78 is 6.43. The van der Waals surface area contributed by atoms with Crippen LogP contribution in [-0.4, -0.2) is 24.3 Å². The van der Waals surface area contributed by atoms with E-state index in [1.165, 1.54) is 0 Å². The maximum atomic E-state index is 13.2. The quantitative estimate of drug-likeness (QED) is 0.177. The number of nitrogens with one attached hydrogen (secondary N) is 1. The Morgan fingerprint density at radius 1 is 0.744 bits per heavy atom. The van der Waals surface area contributed by atoms with Gasteiger partial charge in [0.1, 0.15) is 18.8 Å². The maximum Gasteiger partial charge on any atom is 0.250 e. The molecule has 0 aromatic heterocycles. The molecule has 0 unspecified atom stereocenters. The number of ketones is 1. The Morgan fingerprint density at radius 3 is 1.82 bits per heavy atom. The van der Waals surface area contributed by atoms with Gasteiger partial charge in [0.15, 0.2) is 5.78 Å². The molecule has 196 valence electrons. The summed E-state index contributed by atoms with van der Waals surface area (Å²) in [6.07, 6.45) is -0.735. The Kier molecular flexibility index (Phi) is 9.39. The zero-order valence-corrected chi connectivity index (χ0v) is 22.2. The predicted molar refractivity (Wildman–Crippen MR) is 153 cm³/mol. The number of hydrogen-bond acceptors (Lipinski definition) is 4. The van der Waals surface area contributed by atoms with E-state index in [1.54, 1.807) is 12.1 Å². The number of ether oxygens (including phenoxy) is 1. The highest BCUT2D eigenvalue weighted by atomic mass is 16.5. The maximum absolute atomic E-state index is 13.2. The fourth-order valence-corrected chi connectivity index (χ4v) is 4.46. The monoisotopic (exact) mass is 516 g/mol. The molecule has 39 heavy (non-hydrogen) atoms. The van der Waals surface area contributed by atoms with E-state index in [-0.39, 0.29) is 24.2 Å². The third-order valence-electron chi connectivity index (χ3n) is 6.45. The van der Waals surface area contributed by atoms with Crippen LogP contribution in [0, 0.1) is 17.2 Å². The van der Waals surface area contributed by atoms with Crippen LogP contribution in [0.4, 0.5) is 0 Å². The standard InChI is InChI=1S/C34H32N2O3/c1-24(2)23-31(34(38)36-22-21-35)39-33(29-11-7-4-8-12-29)30-19-17-28(18-20-30)32(37)27-15-13-26(14-16-27)25-9-5-3-6-10-25/h3-20,24,31,33H,22-23H2,1-2H3,(H,36,38)/t31-,33+/m0/s1. The van der Waals surface area contributed by atoms with Gasteiger partial charge in [-0.15, -0.1) is 0 Å². The Labute approximate surface area is 230 Å². The second-order valence-electron chi connectivity index (χ2n) is 9.82. The van der Waals surface area contributed by atoms with Gasteiger partial charge in [-0.05, 0) is 34.6 Å². The van der Waals surface area contributed by atoms with Gasteiger partial charge in [-0.25, -0.2) is 0 Å². The number of carbonyl (C=O) groups is 2. The number of rotatable bonds is 11. The minimum atomic E-state index is -0.729. The van der Waals surface area contributed by atoms with Crippen LogP contribution in [-0.2, 0) is 9.53 Å². The SMILES string of the molecule is CC(C)C[C@H](O[C@H](c1ccccc1)c1ccc(C(=O)c2ccc(-c3ccccc3)cc2)cc1)C(=O)NCC#N. The Hall–Kier alpha value is -4.53. The lowest BCUT2D eigenvalue weighted by Crippen LogP contribution is -2.38. The molecule has 4 aromatic rings. The molecule has 0 radical (unpaired) electrons. The van der Waals surface area contributed by atoms with E-state index in [9.17, 15) is 9.59 Å². The third-order valence-corrected chi connectivity index (χ3v) is 6.45. The highest BCUT2D eigenvalue weighted by molar-refractivity contribution is 6.09. The van der Waals surface area contributed by atoms with Crippen LogP contribution in [0.25, 0.3) is 11.1 Å². The van der Waals surface area contributed by atoms with Crippen LogP contribution in [0.15, 0.2) is 109 Å². The first-order valence-electron chi connectivity index (χ1n) is 13.1. The molecule has 0 aliphatic carbocycles. The summed E-state index contributed by atoms with van der Waals surface area (Å²) >= 11 is 0. The third kappa shape index (κ3) is 7.28. The number of hydrogen-bond donors (Lipinski definition) is 1. The highest BCUT2D eigenvalue weighted by Gasteiger charge is 2.26.